The van der Waals surface area contributed by atoms with E-state index in [4.69, 9.17) is 34.8 Å². The van der Waals surface area contributed by atoms with Crippen molar-refractivity contribution in [1.29, 1.82) is 0 Å². The molecule has 1 aliphatic rings. The highest BCUT2D eigenvalue weighted by atomic mass is 35.5. The van der Waals surface area contributed by atoms with Crippen molar-refractivity contribution in [3.8, 4) is 0 Å². The van der Waals surface area contributed by atoms with Crippen LogP contribution in [0.3, 0.4) is 0 Å². The summed E-state index contributed by atoms with van der Waals surface area (Å²) in [7, 11) is -3.66. The van der Waals surface area contributed by atoms with Crippen LogP contribution in [-0.4, -0.2) is 38.9 Å². The summed E-state index contributed by atoms with van der Waals surface area (Å²) in [4.78, 5) is 0. The van der Waals surface area contributed by atoms with E-state index in [0.717, 1.165) is 0 Å². The second-order valence-corrected chi connectivity index (χ2v) is 6.92. The molecular formula is C10H12Cl3N3O2S. The fourth-order valence-electron chi connectivity index (χ4n) is 1.72. The molecule has 0 radical (unpaired) electrons. The van der Waals surface area contributed by atoms with E-state index < -0.39 is 10.2 Å². The van der Waals surface area contributed by atoms with Gasteiger partial charge in [-0.3, -0.25) is 4.72 Å². The molecule has 0 amide bonds. The monoisotopic (exact) mass is 343 g/mol. The van der Waals surface area contributed by atoms with Gasteiger partial charge in [0.2, 0.25) is 0 Å². The predicted octanol–water partition coefficient (Wildman–Crippen LogP) is 2.21. The molecule has 5 nitrogen and oxygen atoms in total. The van der Waals surface area contributed by atoms with Gasteiger partial charge in [-0.15, -0.1) is 0 Å². The van der Waals surface area contributed by atoms with Crippen LogP contribution in [-0.2, 0) is 10.2 Å². The van der Waals surface area contributed by atoms with Crippen LogP contribution in [0, 0.1) is 0 Å². The number of nitrogens with one attached hydrogen (secondary N) is 2. The summed E-state index contributed by atoms with van der Waals surface area (Å²) < 4.78 is 28.1. The molecule has 2 rings (SSSR count). The first kappa shape index (κ1) is 15.2. The predicted molar refractivity (Wildman–Crippen MR) is 78.5 cm³/mol. The third kappa shape index (κ3) is 3.65. The number of nitrogens with zero attached hydrogens (tertiary/aromatic N) is 1. The Morgan fingerprint density at radius 3 is 2.16 bits per heavy atom. The fourth-order valence-corrected chi connectivity index (χ4v) is 4.01. The van der Waals surface area contributed by atoms with Crippen molar-refractivity contribution in [2.75, 3.05) is 30.9 Å². The highest BCUT2D eigenvalue weighted by Gasteiger charge is 2.25. The zero-order valence-corrected chi connectivity index (χ0v) is 12.9. The summed E-state index contributed by atoms with van der Waals surface area (Å²) in [5.74, 6) is 0. The number of hydrogen-bond donors (Lipinski definition) is 2. The maximum Gasteiger partial charge on any atom is 0.301 e. The summed E-state index contributed by atoms with van der Waals surface area (Å²) in [5.41, 5.74) is 0.145. The number of anilines is 1. The Kier molecular flexibility index (Phi) is 4.81. The van der Waals surface area contributed by atoms with E-state index in [-0.39, 0.29) is 15.7 Å². The largest absolute Gasteiger partial charge is 0.314 e. The molecule has 9 heteroatoms. The van der Waals surface area contributed by atoms with Gasteiger partial charge >= 0.3 is 10.2 Å². The van der Waals surface area contributed by atoms with Crippen molar-refractivity contribution in [2.24, 2.45) is 0 Å². The van der Waals surface area contributed by atoms with Crippen LogP contribution in [0.25, 0.3) is 0 Å². The van der Waals surface area contributed by atoms with Gasteiger partial charge in [0, 0.05) is 31.2 Å². The van der Waals surface area contributed by atoms with Gasteiger partial charge in [0.1, 0.15) is 0 Å². The summed E-state index contributed by atoms with van der Waals surface area (Å²) >= 11 is 17.7. The van der Waals surface area contributed by atoms with E-state index in [1.807, 2.05) is 0 Å². The molecule has 2 N–H and O–H groups in total. The van der Waals surface area contributed by atoms with E-state index >= 15 is 0 Å². The second kappa shape index (κ2) is 6.03. The van der Waals surface area contributed by atoms with Gasteiger partial charge in [-0.1, -0.05) is 34.8 Å². The van der Waals surface area contributed by atoms with Crippen molar-refractivity contribution in [1.82, 2.24) is 9.62 Å². The summed E-state index contributed by atoms with van der Waals surface area (Å²) in [6.45, 7) is 2.03. The van der Waals surface area contributed by atoms with Gasteiger partial charge in [-0.2, -0.15) is 12.7 Å². The smallest absolute Gasteiger partial charge is 0.301 e. The number of piperazine rings is 1. The van der Waals surface area contributed by atoms with Crippen molar-refractivity contribution in [3.05, 3.63) is 27.2 Å². The second-order valence-electron chi connectivity index (χ2n) is 4.00. The van der Waals surface area contributed by atoms with E-state index in [1.165, 1.54) is 16.4 Å². The van der Waals surface area contributed by atoms with E-state index in [1.54, 1.807) is 0 Å². The van der Waals surface area contributed by atoms with Crippen LogP contribution in [0.15, 0.2) is 12.1 Å². The van der Waals surface area contributed by atoms with E-state index in [2.05, 4.69) is 10.0 Å². The first-order chi connectivity index (χ1) is 8.90. The van der Waals surface area contributed by atoms with Gasteiger partial charge in [-0.25, -0.2) is 0 Å². The molecule has 0 spiro atoms. The minimum Gasteiger partial charge on any atom is -0.314 e. The SMILES string of the molecule is O=S(=O)(Nc1c(Cl)cc(Cl)cc1Cl)N1CCNCC1. The zero-order chi connectivity index (χ0) is 14.0. The van der Waals surface area contributed by atoms with Gasteiger partial charge in [0.25, 0.3) is 0 Å². The Labute approximate surface area is 127 Å². The van der Waals surface area contributed by atoms with Gasteiger partial charge in [0.15, 0.2) is 0 Å². The molecular weight excluding hydrogens is 333 g/mol. The molecule has 0 unspecified atom stereocenters. The molecule has 0 bridgehead atoms. The van der Waals surface area contributed by atoms with Crippen molar-refractivity contribution >= 4 is 50.7 Å². The molecule has 0 atom stereocenters. The first-order valence-corrected chi connectivity index (χ1v) is 8.11. The van der Waals surface area contributed by atoms with Crippen LogP contribution in [0.4, 0.5) is 5.69 Å². The maximum absolute atomic E-state index is 12.2. The van der Waals surface area contributed by atoms with Crippen LogP contribution in [0.5, 0.6) is 0 Å². The lowest BCUT2D eigenvalue weighted by molar-refractivity contribution is 0.362. The molecule has 106 valence electrons. The lowest BCUT2D eigenvalue weighted by Gasteiger charge is -2.27. The lowest BCUT2D eigenvalue weighted by Crippen LogP contribution is -2.48. The molecule has 1 saturated heterocycles. The molecule has 19 heavy (non-hydrogen) atoms. The van der Waals surface area contributed by atoms with Gasteiger partial charge in [-0.05, 0) is 12.1 Å². The third-order valence-corrected chi connectivity index (χ3v) is 4.98. The van der Waals surface area contributed by atoms with E-state index in [0.29, 0.717) is 31.2 Å². The summed E-state index contributed by atoms with van der Waals surface area (Å²) in [5, 5.41) is 3.75. The van der Waals surface area contributed by atoms with Crippen LogP contribution >= 0.6 is 34.8 Å². The number of benzene rings is 1. The third-order valence-electron chi connectivity index (χ3n) is 2.65. The molecule has 0 aromatic heterocycles. The minimum atomic E-state index is -3.66. The molecule has 1 aliphatic heterocycles. The first-order valence-electron chi connectivity index (χ1n) is 5.53. The quantitative estimate of drug-likeness (QED) is 0.884. The van der Waals surface area contributed by atoms with Crippen molar-refractivity contribution < 1.29 is 8.42 Å². The van der Waals surface area contributed by atoms with Gasteiger partial charge < -0.3 is 5.32 Å². The minimum absolute atomic E-state index is 0.145. The lowest BCUT2D eigenvalue weighted by atomic mass is 10.3. The highest BCUT2D eigenvalue weighted by molar-refractivity contribution is 7.90. The van der Waals surface area contributed by atoms with Crippen molar-refractivity contribution in [3.63, 3.8) is 0 Å². The Bertz CT molecular complexity index is 550. The van der Waals surface area contributed by atoms with Gasteiger partial charge in [0.05, 0.1) is 15.7 Å². The number of halogens is 3. The zero-order valence-electron chi connectivity index (χ0n) is 9.79. The Morgan fingerprint density at radius 1 is 1.11 bits per heavy atom. The van der Waals surface area contributed by atoms with Crippen LogP contribution in [0.1, 0.15) is 0 Å². The average Bonchev–Trinajstić information content (AvgIpc) is 2.35. The topological polar surface area (TPSA) is 61.4 Å². The Morgan fingerprint density at radius 2 is 1.63 bits per heavy atom. The standard InChI is InChI=1S/C10H12Cl3N3O2S/c11-7-5-8(12)10(9(13)6-7)15-19(17,18)16-3-1-14-2-4-16/h5-6,14-15H,1-4H2. The van der Waals surface area contributed by atoms with Crippen molar-refractivity contribution in [2.45, 2.75) is 0 Å². The average molecular weight is 345 g/mol. The molecule has 0 aliphatic carbocycles. The molecule has 1 fully saturated rings. The van der Waals surface area contributed by atoms with Crippen LogP contribution in [0.2, 0.25) is 15.1 Å². The normalized spacial score (nSPS) is 17.4. The fraction of sp³-hybridized carbons (Fsp3) is 0.400. The number of rotatable bonds is 3. The van der Waals surface area contributed by atoms with Crippen LogP contribution < -0.4 is 10.0 Å². The summed E-state index contributed by atoms with van der Waals surface area (Å²) in [6, 6.07) is 2.87. The number of hydrogen-bond acceptors (Lipinski definition) is 3. The molecule has 1 aromatic carbocycles. The highest BCUT2D eigenvalue weighted by Crippen LogP contribution is 2.34. The Hall–Kier alpha value is -0.240. The van der Waals surface area contributed by atoms with E-state index in [9.17, 15) is 8.42 Å². The molecule has 1 aromatic rings. The summed E-state index contributed by atoms with van der Waals surface area (Å²) in [6.07, 6.45) is 0. The molecule has 1 heterocycles. The maximum atomic E-state index is 12.2. The molecule has 0 saturated carbocycles. The Balaban J connectivity index is 2.25.